The van der Waals surface area contributed by atoms with E-state index in [-0.39, 0.29) is 0 Å². The van der Waals surface area contributed by atoms with Crippen LogP contribution in [-0.2, 0) is 4.74 Å². The van der Waals surface area contributed by atoms with Crippen LogP contribution in [0.1, 0.15) is 37.8 Å². The minimum absolute atomic E-state index is 0.444. The molecule has 0 spiro atoms. The zero-order chi connectivity index (χ0) is 12.6. The van der Waals surface area contributed by atoms with Crippen LogP contribution in [-0.4, -0.2) is 24.2 Å². The van der Waals surface area contributed by atoms with Crippen LogP contribution in [0.15, 0.2) is 18.3 Å². The molecule has 1 aromatic rings. The number of aromatic nitrogens is 1. The minimum atomic E-state index is 0.444. The summed E-state index contributed by atoms with van der Waals surface area (Å²) in [6.07, 6.45) is 8.51. The third-order valence-corrected chi connectivity index (χ3v) is 3.21. The molecule has 0 amide bonds. The first-order chi connectivity index (χ1) is 8.88. The number of nitrogens with zero attached hydrogens (tertiary/aromatic N) is 2. The zero-order valence-corrected chi connectivity index (χ0v) is 10.6. The molecule has 2 rings (SSSR count). The molecule has 4 nitrogen and oxygen atoms in total. The molecule has 0 aromatic carbocycles. The largest absolute Gasteiger partial charge is 0.381 e. The van der Waals surface area contributed by atoms with Crippen LogP contribution in [0, 0.1) is 11.3 Å². The van der Waals surface area contributed by atoms with E-state index >= 15 is 0 Å². The highest BCUT2D eigenvalue weighted by atomic mass is 16.5. The maximum absolute atomic E-state index is 8.63. The molecule has 1 saturated carbocycles. The van der Waals surface area contributed by atoms with E-state index in [4.69, 9.17) is 10.00 Å². The Balaban J connectivity index is 1.63. The molecule has 4 heteroatoms. The Bertz CT molecular complexity index is 390. The number of nitrogens with one attached hydrogen (secondary N) is 1. The first kappa shape index (κ1) is 12.8. The van der Waals surface area contributed by atoms with Crippen molar-refractivity contribution in [3.8, 4) is 6.07 Å². The van der Waals surface area contributed by atoms with Crippen LogP contribution >= 0.6 is 0 Å². The van der Waals surface area contributed by atoms with E-state index in [1.807, 2.05) is 12.1 Å². The lowest BCUT2D eigenvalue weighted by atomic mass is 9.98. The van der Waals surface area contributed by atoms with Gasteiger partial charge in [-0.25, -0.2) is 4.98 Å². The highest BCUT2D eigenvalue weighted by Gasteiger charge is 2.12. The Hall–Kier alpha value is -1.60. The second-order valence-corrected chi connectivity index (χ2v) is 4.60. The maximum atomic E-state index is 8.63. The van der Waals surface area contributed by atoms with Crippen molar-refractivity contribution in [2.24, 2.45) is 0 Å². The lowest BCUT2D eigenvalue weighted by Crippen LogP contribution is -2.20. The van der Waals surface area contributed by atoms with E-state index in [0.717, 1.165) is 18.8 Å². The van der Waals surface area contributed by atoms with Crippen molar-refractivity contribution in [1.82, 2.24) is 4.98 Å². The molecule has 0 saturated heterocycles. The van der Waals surface area contributed by atoms with E-state index in [0.29, 0.717) is 11.8 Å². The molecule has 1 aromatic heterocycles. The third-order valence-electron chi connectivity index (χ3n) is 3.21. The van der Waals surface area contributed by atoms with Gasteiger partial charge in [0.2, 0.25) is 0 Å². The lowest BCUT2D eigenvalue weighted by Gasteiger charge is -2.22. The summed E-state index contributed by atoms with van der Waals surface area (Å²) in [6.45, 7) is 1.51. The van der Waals surface area contributed by atoms with Gasteiger partial charge in [0.15, 0.2) is 0 Å². The highest BCUT2D eigenvalue weighted by Crippen LogP contribution is 2.19. The van der Waals surface area contributed by atoms with E-state index in [2.05, 4.69) is 10.3 Å². The number of pyridine rings is 1. The van der Waals surface area contributed by atoms with Gasteiger partial charge >= 0.3 is 0 Å². The average Bonchev–Trinajstić information content (AvgIpc) is 2.45. The highest BCUT2D eigenvalue weighted by molar-refractivity contribution is 5.42. The van der Waals surface area contributed by atoms with E-state index in [9.17, 15) is 0 Å². The molecular weight excluding hydrogens is 226 g/mol. The normalized spacial score (nSPS) is 16.2. The van der Waals surface area contributed by atoms with Gasteiger partial charge in [0, 0.05) is 6.54 Å². The van der Waals surface area contributed by atoms with Gasteiger partial charge in [-0.05, 0) is 25.0 Å². The summed E-state index contributed by atoms with van der Waals surface area (Å²) < 4.78 is 5.81. The zero-order valence-electron chi connectivity index (χ0n) is 10.6. The van der Waals surface area contributed by atoms with Gasteiger partial charge in [-0.2, -0.15) is 5.26 Å². The van der Waals surface area contributed by atoms with E-state index in [1.165, 1.54) is 32.1 Å². The van der Waals surface area contributed by atoms with Gasteiger partial charge in [0.25, 0.3) is 0 Å². The number of nitriles is 1. The van der Waals surface area contributed by atoms with Crippen molar-refractivity contribution >= 4 is 5.69 Å². The lowest BCUT2D eigenvalue weighted by molar-refractivity contribution is 0.0347. The Morgan fingerprint density at radius 1 is 1.33 bits per heavy atom. The summed E-state index contributed by atoms with van der Waals surface area (Å²) in [6, 6.07) is 5.58. The molecule has 0 aliphatic heterocycles. The monoisotopic (exact) mass is 245 g/mol. The predicted molar refractivity (Wildman–Crippen MR) is 70.3 cm³/mol. The van der Waals surface area contributed by atoms with Gasteiger partial charge in [-0.3, -0.25) is 0 Å². The summed E-state index contributed by atoms with van der Waals surface area (Å²) in [4.78, 5) is 4.00. The van der Waals surface area contributed by atoms with Crippen molar-refractivity contribution < 1.29 is 4.74 Å². The van der Waals surface area contributed by atoms with Crippen molar-refractivity contribution in [2.45, 2.75) is 38.2 Å². The fraction of sp³-hybridized carbons (Fsp3) is 0.571. The van der Waals surface area contributed by atoms with Crippen LogP contribution < -0.4 is 5.32 Å². The second-order valence-electron chi connectivity index (χ2n) is 4.60. The molecule has 1 aliphatic carbocycles. The van der Waals surface area contributed by atoms with Gasteiger partial charge in [0.05, 0.1) is 24.6 Å². The second kappa shape index (κ2) is 6.97. The summed E-state index contributed by atoms with van der Waals surface area (Å²) >= 11 is 0. The molecule has 1 N–H and O–H groups in total. The predicted octanol–water partition coefficient (Wildman–Crippen LogP) is 2.71. The Morgan fingerprint density at radius 2 is 2.17 bits per heavy atom. The molecule has 18 heavy (non-hydrogen) atoms. The van der Waals surface area contributed by atoms with Gasteiger partial charge in [-0.1, -0.05) is 19.3 Å². The van der Waals surface area contributed by atoms with Crippen LogP contribution in [0.3, 0.4) is 0 Å². The number of hydrogen-bond acceptors (Lipinski definition) is 4. The minimum Gasteiger partial charge on any atom is -0.381 e. The summed E-state index contributed by atoms with van der Waals surface area (Å²) in [5.74, 6) is 0. The molecule has 0 atom stereocenters. The number of rotatable bonds is 5. The summed E-state index contributed by atoms with van der Waals surface area (Å²) in [7, 11) is 0. The summed E-state index contributed by atoms with van der Waals surface area (Å²) in [5, 5.41) is 11.9. The fourth-order valence-corrected chi connectivity index (χ4v) is 2.22. The fourth-order valence-electron chi connectivity index (χ4n) is 2.22. The van der Waals surface area contributed by atoms with Crippen LogP contribution in [0.5, 0.6) is 0 Å². The SMILES string of the molecule is N#Cc1ccc(NCCOC2CCCCC2)cn1. The summed E-state index contributed by atoms with van der Waals surface area (Å²) in [5.41, 5.74) is 1.38. The van der Waals surface area contributed by atoms with Crippen molar-refractivity contribution in [1.29, 1.82) is 5.26 Å². The van der Waals surface area contributed by atoms with Crippen LogP contribution in [0.4, 0.5) is 5.69 Å². The molecule has 1 heterocycles. The average molecular weight is 245 g/mol. The molecule has 0 bridgehead atoms. The first-order valence-electron chi connectivity index (χ1n) is 6.60. The third kappa shape index (κ3) is 4.01. The molecule has 96 valence electrons. The smallest absolute Gasteiger partial charge is 0.140 e. The molecular formula is C14H19N3O. The van der Waals surface area contributed by atoms with Gasteiger partial charge < -0.3 is 10.1 Å². The molecule has 1 fully saturated rings. The van der Waals surface area contributed by atoms with Gasteiger partial charge in [-0.15, -0.1) is 0 Å². The van der Waals surface area contributed by atoms with Crippen LogP contribution in [0.25, 0.3) is 0 Å². The topological polar surface area (TPSA) is 57.9 Å². The quantitative estimate of drug-likeness (QED) is 0.810. The molecule has 0 radical (unpaired) electrons. The Labute approximate surface area is 108 Å². The van der Waals surface area contributed by atoms with E-state index in [1.54, 1.807) is 12.3 Å². The number of ether oxygens (including phenoxy) is 1. The van der Waals surface area contributed by atoms with Gasteiger partial charge in [0.1, 0.15) is 11.8 Å². The maximum Gasteiger partial charge on any atom is 0.140 e. The van der Waals surface area contributed by atoms with E-state index < -0.39 is 0 Å². The Morgan fingerprint density at radius 3 is 2.83 bits per heavy atom. The number of anilines is 1. The Kier molecular flexibility index (Phi) is 4.98. The molecule has 1 aliphatic rings. The molecule has 0 unspecified atom stereocenters. The number of hydrogen-bond donors (Lipinski definition) is 1. The van der Waals surface area contributed by atoms with Crippen LogP contribution in [0.2, 0.25) is 0 Å². The standard InChI is InChI=1S/C14H19N3O/c15-10-12-6-7-13(11-17-12)16-8-9-18-14-4-2-1-3-5-14/h6-7,11,14,16H,1-5,8-9H2. The first-order valence-corrected chi connectivity index (χ1v) is 6.60. The van der Waals surface area contributed by atoms with Crippen molar-refractivity contribution in [3.05, 3.63) is 24.0 Å². The van der Waals surface area contributed by atoms with Crippen molar-refractivity contribution in [2.75, 3.05) is 18.5 Å². The van der Waals surface area contributed by atoms with Crippen molar-refractivity contribution in [3.63, 3.8) is 0 Å².